The van der Waals surface area contributed by atoms with Crippen LogP contribution in [0.1, 0.15) is 38.5 Å². The summed E-state index contributed by atoms with van der Waals surface area (Å²) >= 11 is 0. The number of hydrogen-bond acceptors (Lipinski definition) is 4. The van der Waals surface area contributed by atoms with E-state index in [2.05, 4.69) is 0 Å². The number of rotatable bonds is 5. The van der Waals surface area contributed by atoms with Gasteiger partial charge in [-0.05, 0) is 19.3 Å². The van der Waals surface area contributed by atoms with Gasteiger partial charge in [-0.25, -0.2) is 0 Å². The van der Waals surface area contributed by atoms with E-state index >= 15 is 0 Å². The Morgan fingerprint density at radius 3 is 2.43 bits per heavy atom. The van der Waals surface area contributed by atoms with Crippen molar-refractivity contribution < 1.29 is 17.7 Å². The molecule has 1 saturated carbocycles. The van der Waals surface area contributed by atoms with E-state index in [-0.39, 0.29) is 24.9 Å². The van der Waals surface area contributed by atoms with E-state index in [0.29, 0.717) is 0 Å². The van der Waals surface area contributed by atoms with Crippen molar-refractivity contribution in [2.24, 2.45) is 0 Å². The molecule has 0 heterocycles. The molecule has 1 fully saturated rings. The lowest BCUT2D eigenvalue weighted by atomic mass is 9.98. The van der Waals surface area contributed by atoms with E-state index in [0.717, 1.165) is 25.7 Å². The highest BCUT2D eigenvalue weighted by molar-refractivity contribution is 7.86. The lowest BCUT2D eigenvalue weighted by Crippen LogP contribution is -2.23. The van der Waals surface area contributed by atoms with E-state index < -0.39 is 10.1 Å². The quantitative estimate of drug-likeness (QED) is 0.706. The topological polar surface area (TPSA) is 63.6 Å². The van der Waals surface area contributed by atoms with Gasteiger partial charge in [-0.1, -0.05) is 19.3 Å². The summed E-state index contributed by atoms with van der Waals surface area (Å²) in [5.41, 5.74) is 0. The summed E-state index contributed by atoms with van der Waals surface area (Å²) in [5, 5.41) is 8.52. The molecule has 5 heteroatoms. The highest BCUT2D eigenvalue weighted by atomic mass is 32.2. The van der Waals surface area contributed by atoms with Crippen LogP contribution in [0.5, 0.6) is 0 Å². The second kappa shape index (κ2) is 5.68. The Hall–Kier alpha value is -0.130. The minimum Gasteiger partial charge on any atom is -0.396 e. The zero-order chi connectivity index (χ0) is 10.4. The Bertz CT molecular complexity index is 242. The Kier molecular flexibility index (Phi) is 4.84. The van der Waals surface area contributed by atoms with Crippen LogP contribution in [-0.2, 0) is 14.3 Å². The van der Waals surface area contributed by atoms with Gasteiger partial charge in [0.25, 0.3) is 10.1 Å². The summed E-state index contributed by atoms with van der Waals surface area (Å²) in [5.74, 6) is -0.0694. The van der Waals surface area contributed by atoms with Crippen LogP contribution in [0.4, 0.5) is 0 Å². The van der Waals surface area contributed by atoms with Gasteiger partial charge in [0.15, 0.2) is 0 Å². The van der Waals surface area contributed by atoms with Gasteiger partial charge in [-0.3, -0.25) is 4.18 Å². The van der Waals surface area contributed by atoms with Crippen LogP contribution in [0.15, 0.2) is 0 Å². The van der Waals surface area contributed by atoms with Gasteiger partial charge in [0.1, 0.15) is 0 Å². The predicted molar refractivity (Wildman–Crippen MR) is 53.4 cm³/mol. The van der Waals surface area contributed by atoms with Crippen LogP contribution in [0.2, 0.25) is 0 Å². The average molecular weight is 222 g/mol. The summed E-state index contributed by atoms with van der Waals surface area (Å²) in [6.07, 6.45) is 5.12. The van der Waals surface area contributed by atoms with Crippen LogP contribution < -0.4 is 0 Å². The van der Waals surface area contributed by atoms with Crippen molar-refractivity contribution in [3.63, 3.8) is 0 Å². The first-order valence-corrected chi connectivity index (χ1v) is 6.73. The van der Waals surface area contributed by atoms with E-state index in [1.54, 1.807) is 0 Å². The first-order valence-electron chi connectivity index (χ1n) is 5.16. The van der Waals surface area contributed by atoms with Gasteiger partial charge in [-0.15, -0.1) is 0 Å². The third kappa shape index (κ3) is 4.39. The summed E-state index contributed by atoms with van der Waals surface area (Å²) < 4.78 is 27.7. The van der Waals surface area contributed by atoms with Crippen LogP contribution in [-0.4, -0.2) is 32.0 Å². The minimum absolute atomic E-state index is 0.0694. The van der Waals surface area contributed by atoms with Gasteiger partial charge in [0.05, 0.1) is 11.9 Å². The lowest BCUT2D eigenvalue weighted by Gasteiger charge is -2.21. The molecule has 1 rings (SSSR count). The van der Waals surface area contributed by atoms with Crippen LogP contribution >= 0.6 is 0 Å². The standard InChI is InChI=1S/C9H18O4S/c10-7-4-8-14(11,12)13-9-5-2-1-3-6-9/h9-10H,1-8H2. The van der Waals surface area contributed by atoms with Crippen molar-refractivity contribution in [1.29, 1.82) is 0 Å². The minimum atomic E-state index is -3.40. The normalized spacial score (nSPS) is 19.8. The molecule has 0 bridgehead atoms. The smallest absolute Gasteiger partial charge is 0.267 e. The summed E-state index contributed by atoms with van der Waals surface area (Å²) in [6, 6.07) is 0. The van der Waals surface area contributed by atoms with Crippen LogP contribution in [0.3, 0.4) is 0 Å². The predicted octanol–water partition coefficient (Wildman–Crippen LogP) is 1.05. The summed E-state index contributed by atoms with van der Waals surface area (Å²) in [6.45, 7) is -0.104. The molecule has 0 amide bonds. The maximum absolute atomic E-state index is 11.3. The highest BCUT2D eigenvalue weighted by Gasteiger charge is 2.21. The molecule has 0 atom stereocenters. The zero-order valence-corrected chi connectivity index (χ0v) is 9.13. The Morgan fingerprint density at radius 2 is 1.86 bits per heavy atom. The third-order valence-corrected chi connectivity index (χ3v) is 3.74. The fourth-order valence-electron chi connectivity index (χ4n) is 1.66. The Morgan fingerprint density at radius 1 is 1.21 bits per heavy atom. The van der Waals surface area contributed by atoms with E-state index in [1.807, 2.05) is 0 Å². The fraction of sp³-hybridized carbons (Fsp3) is 1.00. The molecular formula is C9H18O4S. The van der Waals surface area contributed by atoms with Crippen LogP contribution in [0, 0.1) is 0 Å². The van der Waals surface area contributed by atoms with Crippen molar-refractivity contribution in [3.8, 4) is 0 Å². The van der Waals surface area contributed by atoms with Gasteiger partial charge in [0.2, 0.25) is 0 Å². The molecule has 14 heavy (non-hydrogen) atoms. The van der Waals surface area contributed by atoms with E-state index in [4.69, 9.17) is 9.29 Å². The molecule has 0 aliphatic heterocycles. The molecule has 84 valence electrons. The van der Waals surface area contributed by atoms with Crippen molar-refractivity contribution in [3.05, 3.63) is 0 Å². The maximum Gasteiger partial charge on any atom is 0.267 e. The third-order valence-electron chi connectivity index (χ3n) is 2.39. The van der Waals surface area contributed by atoms with Gasteiger partial charge in [-0.2, -0.15) is 8.42 Å². The van der Waals surface area contributed by atoms with Gasteiger partial charge < -0.3 is 5.11 Å². The van der Waals surface area contributed by atoms with Crippen molar-refractivity contribution >= 4 is 10.1 Å². The average Bonchev–Trinajstić information content (AvgIpc) is 2.16. The number of hydrogen-bond donors (Lipinski definition) is 1. The first kappa shape index (κ1) is 11.9. The van der Waals surface area contributed by atoms with Crippen molar-refractivity contribution in [1.82, 2.24) is 0 Å². The Balaban J connectivity index is 2.33. The number of aliphatic hydroxyl groups excluding tert-OH is 1. The molecule has 0 aromatic heterocycles. The lowest BCUT2D eigenvalue weighted by molar-refractivity contribution is 0.161. The SMILES string of the molecule is O=S(=O)(CCCO)OC1CCCCC1. The second-order valence-electron chi connectivity index (χ2n) is 3.70. The van der Waals surface area contributed by atoms with Crippen LogP contribution in [0.25, 0.3) is 0 Å². The molecule has 1 aliphatic rings. The van der Waals surface area contributed by atoms with Gasteiger partial charge in [0, 0.05) is 6.61 Å². The molecule has 4 nitrogen and oxygen atoms in total. The fourth-order valence-corrected chi connectivity index (χ4v) is 2.84. The molecule has 0 spiro atoms. The van der Waals surface area contributed by atoms with Crippen molar-refractivity contribution in [2.45, 2.75) is 44.6 Å². The maximum atomic E-state index is 11.3. The molecule has 0 unspecified atom stereocenters. The van der Waals surface area contributed by atoms with E-state index in [1.165, 1.54) is 6.42 Å². The Labute approximate surface area is 85.4 Å². The zero-order valence-electron chi connectivity index (χ0n) is 8.31. The molecular weight excluding hydrogens is 204 g/mol. The molecule has 0 radical (unpaired) electrons. The highest BCUT2D eigenvalue weighted by Crippen LogP contribution is 2.22. The van der Waals surface area contributed by atoms with E-state index in [9.17, 15) is 8.42 Å². The number of aliphatic hydroxyl groups is 1. The molecule has 0 aromatic rings. The largest absolute Gasteiger partial charge is 0.396 e. The monoisotopic (exact) mass is 222 g/mol. The van der Waals surface area contributed by atoms with Gasteiger partial charge >= 0.3 is 0 Å². The molecule has 0 aromatic carbocycles. The first-order chi connectivity index (χ1) is 6.64. The molecule has 1 N–H and O–H groups in total. The molecule has 1 aliphatic carbocycles. The summed E-state index contributed by atoms with van der Waals surface area (Å²) in [7, 11) is -3.40. The summed E-state index contributed by atoms with van der Waals surface area (Å²) in [4.78, 5) is 0. The second-order valence-corrected chi connectivity index (χ2v) is 5.41. The van der Waals surface area contributed by atoms with Crippen molar-refractivity contribution in [2.75, 3.05) is 12.4 Å². The molecule has 0 saturated heterocycles.